The van der Waals surface area contributed by atoms with E-state index in [2.05, 4.69) is 126 Å². The topological polar surface area (TPSA) is 25.8 Å². The monoisotopic (exact) mass is 701 g/mol. The maximum atomic E-state index is 5.05. The second-order valence-electron chi connectivity index (χ2n) is 9.18. The second kappa shape index (κ2) is 12.9. The number of hydrogen-bond donors (Lipinski definition) is 0. The molecule has 0 aliphatic heterocycles. The summed E-state index contributed by atoms with van der Waals surface area (Å²) in [4.78, 5) is 9.62. The Hall–Kier alpha value is -3.70. The van der Waals surface area contributed by atoms with Crippen LogP contribution in [0, 0.1) is 6.07 Å². The third-order valence-corrected chi connectivity index (χ3v) is 9.40. The molecule has 0 fully saturated rings. The van der Waals surface area contributed by atoms with E-state index < -0.39 is 7.92 Å². The van der Waals surface area contributed by atoms with E-state index >= 15 is 0 Å². The minimum absolute atomic E-state index is 0. The average molecular weight is 702 g/mol. The summed E-state index contributed by atoms with van der Waals surface area (Å²) in [5.41, 5.74) is 7.11. The van der Waals surface area contributed by atoms with Crippen LogP contribution in [0.5, 0.6) is 0 Å². The molecule has 2 nitrogen and oxygen atoms in total. The molecule has 2 heterocycles. The third-order valence-electron chi connectivity index (χ3n) is 6.60. The van der Waals surface area contributed by atoms with E-state index in [1.165, 1.54) is 16.2 Å². The number of rotatable bonds is 7. The standard InChI is InChI=1S/C35H26N2P.Pt/c1-4-14-28(15-5-1)30-24-34(37-35(25-30)33-21-10-11-22-36-33)29-16-12-13-27(23-29)26-38(31-17-6-2-7-18-31)32-19-8-3-9-20-32;/h1-22,24-25H,26H2;/q-1;/p+1. The van der Waals surface area contributed by atoms with E-state index in [0.29, 0.717) is 0 Å². The first kappa shape index (κ1) is 26.9. The van der Waals surface area contributed by atoms with E-state index in [1.54, 1.807) is 0 Å². The van der Waals surface area contributed by atoms with Gasteiger partial charge in [0, 0.05) is 27.3 Å². The maximum Gasteiger partial charge on any atom is 0.0969 e. The molecule has 0 unspecified atom stereocenters. The van der Waals surface area contributed by atoms with E-state index in [9.17, 15) is 0 Å². The molecule has 0 bridgehead atoms. The Kier molecular flexibility index (Phi) is 8.89. The first-order chi connectivity index (χ1) is 18.8. The van der Waals surface area contributed by atoms with Crippen molar-refractivity contribution in [3.05, 3.63) is 157 Å². The van der Waals surface area contributed by atoms with Gasteiger partial charge in [0.05, 0.1) is 36.1 Å². The molecule has 0 saturated heterocycles. The van der Waals surface area contributed by atoms with Gasteiger partial charge >= 0.3 is 0 Å². The van der Waals surface area contributed by atoms with Crippen LogP contribution in [0.1, 0.15) is 5.56 Å². The van der Waals surface area contributed by atoms with Gasteiger partial charge in [0.1, 0.15) is 0 Å². The van der Waals surface area contributed by atoms with Gasteiger partial charge in [0.15, 0.2) is 0 Å². The van der Waals surface area contributed by atoms with Crippen LogP contribution in [0.3, 0.4) is 0 Å². The van der Waals surface area contributed by atoms with Crippen molar-refractivity contribution in [3.8, 4) is 33.8 Å². The molecule has 0 aliphatic carbocycles. The number of nitrogens with zero attached hydrogens (tertiary/aromatic N) is 2. The van der Waals surface area contributed by atoms with Gasteiger partial charge in [-0.25, -0.2) is 0 Å². The first-order valence-corrected chi connectivity index (χ1v) is 14.5. The number of benzene rings is 4. The Morgan fingerprint density at radius 2 is 1.15 bits per heavy atom. The summed E-state index contributed by atoms with van der Waals surface area (Å²) in [5.74, 6) is 0. The Morgan fingerprint density at radius 3 is 1.79 bits per heavy atom. The normalized spacial score (nSPS) is 10.7. The van der Waals surface area contributed by atoms with Crippen molar-refractivity contribution in [2.24, 2.45) is 0 Å². The number of hydrogen-bond acceptors (Lipinski definition) is 2. The van der Waals surface area contributed by atoms with Crippen LogP contribution in [0.15, 0.2) is 146 Å². The first-order valence-electron chi connectivity index (χ1n) is 12.8. The minimum Gasteiger partial charge on any atom is -0.295 e. The van der Waals surface area contributed by atoms with Gasteiger partial charge < -0.3 is 0 Å². The maximum absolute atomic E-state index is 5.05. The minimum atomic E-state index is -1.01. The fraction of sp³-hybridized carbons (Fsp3) is 0.0286. The molecule has 4 heteroatoms. The van der Waals surface area contributed by atoms with Crippen molar-refractivity contribution in [1.29, 1.82) is 0 Å². The zero-order valence-electron chi connectivity index (χ0n) is 21.3. The molecule has 0 amide bonds. The van der Waals surface area contributed by atoms with Crippen LogP contribution >= 0.6 is 7.92 Å². The molecule has 192 valence electrons. The molecule has 0 spiro atoms. The van der Waals surface area contributed by atoms with E-state index in [1.807, 2.05) is 30.5 Å². The van der Waals surface area contributed by atoms with Gasteiger partial charge in [-0.1, -0.05) is 84.4 Å². The molecule has 6 rings (SSSR count). The van der Waals surface area contributed by atoms with Gasteiger partial charge in [-0.05, 0) is 59.3 Å². The number of aromatic nitrogens is 2. The van der Waals surface area contributed by atoms with Gasteiger partial charge in [0.2, 0.25) is 0 Å². The largest absolute Gasteiger partial charge is 0.295 e. The molecule has 0 saturated carbocycles. The van der Waals surface area contributed by atoms with Gasteiger partial charge in [-0.3, -0.25) is 9.97 Å². The quantitative estimate of drug-likeness (QED) is 0.126. The van der Waals surface area contributed by atoms with Crippen molar-refractivity contribution in [2.75, 3.05) is 0 Å². The SMILES string of the molecule is [Pt].[c-]1c(C[PH+](c2ccccc2)c2ccccc2)cccc1-c1cc(-c2ccccc2)cc(-c2ccccn2)n1. The summed E-state index contributed by atoms with van der Waals surface area (Å²) in [6.45, 7) is 0. The second-order valence-corrected chi connectivity index (χ2v) is 11.6. The predicted molar refractivity (Wildman–Crippen MR) is 161 cm³/mol. The molecule has 0 N–H and O–H groups in total. The third kappa shape index (κ3) is 6.48. The predicted octanol–water partition coefficient (Wildman–Crippen LogP) is 7.64. The van der Waals surface area contributed by atoms with Crippen LogP contribution in [-0.2, 0) is 27.2 Å². The van der Waals surface area contributed by atoms with Crippen LogP contribution in [-0.4, -0.2) is 9.97 Å². The molecule has 0 aliphatic rings. The fourth-order valence-corrected chi connectivity index (χ4v) is 7.24. The van der Waals surface area contributed by atoms with Crippen LogP contribution in [0.25, 0.3) is 33.8 Å². The summed E-state index contributed by atoms with van der Waals surface area (Å²) in [5, 5.41) is 2.81. The Balaban J connectivity index is 0.00000308. The smallest absolute Gasteiger partial charge is 0.0969 e. The Morgan fingerprint density at radius 1 is 0.538 bits per heavy atom. The van der Waals surface area contributed by atoms with Crippen molar-refractivity contribution in [3.63, 3.8) is 0 Å². The molecule has 4 aromatic carbocycles. The van der Waals surface area contributed by atoms with Crippen molar-refractivity contribution in [2.45, 2.75) is 6.16 Å². The van der Waals surface area contributed by atoms with Gasteiger partial charge in [-0.2, -0.15) is 0 Å². The summed E-state index contributed by atoms with van der Waals surface area (Å²) in [7, 11) is -1.01. The summed E-state index contributed by atoms with van der Waals surface area (Å²) < 4.78 is 0. The summed E-state index contributed by atoms with van der Waals surface area (Å²) >= 11 is 0. The van der Waals surface area contributed by atoms with Crippen molar-refractivity contribution < 1.29 is 21.1 Å². The summed E-state index contributed by atoms with van der Waals surface area (Å²) in [6.07, 6.45) is 2.77. The summed E-state index contributed by atoms with van der Waals surface area (Å²) in [6, 6.07) is 52.6. The number of pyridine rings is 2. The molecule has 6 aromatic rings. The molecular weight excluding hydrogens is 674 g/mol. The zero-order valence-corrected chi connectivity index (χ0v) is 24.5. The molecular formula is C35H27N2PPt. The van der Waals surface area contributed by atoms with Crippen LogP contribution in [0.4, 0.5) is 0 Å². The van der Waals surface area contributed by atoms with Crippen LogP contribution in [0.2, 0.25) is 0 Å². The average Bonchev–Trinajstić information content (AvgIpc) is 3.01. The van der Waals surface area contributed by atoms with Gasteiger partial charge in [0.25, 0.3) is 0 Å². The molecule has 0 radical (unpaired) electrons. The van der Waals surface area contributed by atoms with E-state index in [4.69, 9.17) is 4.98 Å². The zero-order chi connectivity index (χ0) is 25.6. The molecule has 2 aromatic heterocycles. The molecule has 0 atom stereocenters. The van der Waals surface area contributed by atoms with Crippen LogP contribution < -0.4 is 10.6 Å². The Labute approximate surface area is 245 Å². The fourth-order valence-electron chi connectivity index (χ4n) is 4.72. The molecule has 39 heavy (non-hydrogen) atoms. The van der Waals surface area contributed by atoms with Gasteiger partial charge in [-0.15, -0.1) is 29.8 Å². The van der Waals surface area contributed by atoms with E-state index in [0.717, 1.165) is 39.9 Å². The van der Waals surface area contributed by atoms with Crippen molar-refractivity contribution >= 4 is 18.5 Å². The van der Waals surface area contributed by atoms with Crippen molar-refractivity contribution in [1.82, 2.24) is 9.97 Å². The van der Waals surface area contributed by atoms with E-state index in [-0.39, 0.29) is 21.1 Å². The Bertz CT molecular complexity index is 1530.